The van der Waals surface area contributed by atoms with Gasteiger partial charge in [0.15, 0.2) is 0 Å². The van der Waals surface area contributed by atoms with Crippen molar-refractivity contribution in [2.75, 3.05) is 12.3 Å². The SMILES string of the molecule is O=C1CSC(C(F)(F)F)CN1. The van der Waals surface area contributed by atoms with E-state index in [1.165, 1.54) is 0 Å². The average Bonchev–Trinajstić information content (AvgIpc) is 1.86. The van der Waals surface area contributed by atoms with Gasteiger partial charge in [-0.15, -0.1) is 11.8 Å². The zero-order valence-electron chi connectivity index (χ0n) is 5.44. The van der Waals surface area contributed by atoms with Gasteiger partial charge in [-0.05, 0) is 0 Å². The molecule has 6 heteroatoms. The molecule has 0 aromatic rings. The van der Waals surface area contributed by atoms with Crippen molar-refractivity contribution in [3.05, 3.63) is 0 Å². The van der Waals surface area contributed by atoms with E-state index in [1.807, 2.05) is 0 Å². The maximum Gasteiger partial charge on any atom is 0.402 e. The second-order valence-electron chi connectivity index (χ2n) is 2.15. The summed E-state index contributed by atoms with van der Waals surface area (Å²) in [6.07, 6.45) is -4.20. The third kappa shape index (κ3) is 2.28. The van der Waals surface area contributed by atoms with Crippen molar-refractivity contribution in [2.24, 2.45) is 0 Å². The smallest absolute Gasteiger partial charge is 0.354 e. The highest BCUT2D eigenvalue weighted by atomic mass is 32.2. The van der Waals surface area contributed by atoms with Crippen LogP contribution in [-0.2, 0) is 4.79 Å². The van der Waals surface area contributed by atoms with Crippen LogP contribution in [0.4, 0.5) is 13.2 Å². The fraction of sp³-hybridized carbons (Fsp3) is 0.800. The summed E-state index contributed by atoms with van der Waals surface area (Å²) in [5.41, 5.74) is 0. The van der Waals surface area contributed by atoms with Crippen LogP contribution < -0.4 is 5.32 Å². The molecule has 1 fully saturated rings. The Balaban J connectivity index is 2.45. The van der Waals surface area contributed by atoms with E-state index in [2.05, 4.69) is 5.32 Å². The van der Waals surface area contributed by atoms with Crippen LogP contribution in [0.15, 0.2) is 0 Å². The van der Waals surface area contributed by atoms with Crippen LogP contribution in [0.25, 0.3) is 0 Å². The minimum Gasteiger partial charge on any atom is -0.354 e. The van der Waals surface area contributed by atoms with Crippen molar-refractivity contribution in [3.8, 4) is 0 Å². The maximum atomic E-state index is 11.9. The lowest BCUT2D eigenvalue weighted by Gasteiger charge is -2.23. The van der Waals surface area contributed by atoms with Crippen molar-refractivity contribution in [1.29, 1.82) is 0 Å². The quantitative estimate of drug-likeness (QED) is 0.604. The summed E-state index contributed by atoms with van der Waals surface area (Å²) in [6, 6.07) is 0. The standard InChI is InChI=1S/C5H6F3NOS/c6-5(7,8)3-1-9-4(10)2-11-3/h3H,1-2H2,(H,9,10). The highest BCUT2D eigenvalue weighted by Crippen LogP contribution is 2.31. The van der Waals surface area contributed by atoms with Crippen molar-refractivity contribution in [3.63, 3.8) is 0 Å². The largest absolute Gasteiger partial charge is 0.402 e. The Morgan fingerprint density at radius 2 is 2.18 bits per heavy atom. The Kier molecular flexibility index (Phi) is 2.31. The van der Waals surface area contributed by atoms with Crippen LogP contribution in [0.3, 0.4) is 0 Å². The predicted octanol–water partition coefficient (Wildman–Crippen LogP) is 0.780. The van der Waals surface area contributed by atoms with Gasteiger partial charge < -0.3 is 5.32 Å². The number of amides is 1. The topological polar surface area (TPSA) is 29.1 Å². The third-order valence-corrected chi connectivity index (χ3v) is 2.53. The van der Waals surface area contributed by atoms with Crippen LogP contribution in [0.2, 0.25) is 0 Å². The van der Waals surface area contributed by atoms with E-state index in [9.17, 15) is 18.0 Å². The van der Waals surface area contributed by atoms with Gasteiger partial charge in [-0.25, -0.2) is 0 Å². The van der Waals surface area contributed by atoms with Gasteiger partial charge in [0, 0.05) is 6.54 Å². The van der Waals surface area contributed by atoms with Crippen LogP contribution >= 0.6 is 11.8 Å². The molecule has 0 aromatic heterocycles. The number of hydrogen-bond donors (Lipinski definition) is 1. The normalized spacial score (nSPS) is 26.5. The van der Waals surface area contributed by atoms with E-state index >= 15 is 0 Å². The van der Waals surface area contributed by atoms with Crippen LogP contribution in [-0.4, -0.2) is 29.6 Å². The molecule has 1 N–H and O–H groups in total. The van der Waals surface area contributed by atoms with Gasteiger partial charge in [0.1, 0.15) is 5.25 Å². The van der Waals surface area contributed by atoms with Gasteiger partial charge in [-0.3, -0.25) is 4.79 Å². The number of carbonyl (C=O) groups is 1. The van der Waals surface area contributed by atoms with Gasteiger partial charge in [-0.2, -0.15) is 13.2 Å². The maximum absolute atomic E-state index is 11.9. The molecule has 1 atom stereocenters. The lowest BCUT2D eigenvalue weighted by molar-refractivity contribution is -0.132. The fourth-order valence-corrected chi connectivity index (χ4v) is 1.55. The lowest BCUT2D eigenvalue weighted by atomic mass is 10.4. The Morgan fingerprint density at radius 1 is 1.55 bits per heavy atom. The van der Waals surface area contributed by atoms with Crippen LogP contribution in [0, 0.1) is 0 Å². The number of thioether (sulfide) groups is 1. The summed E-state index contributed by atoms with van der Waals surface area (Å²) < 4.78 is 35.7. The molecule has 0 aliphatic carbocycles. The summed E-state index contributed by atoms with van der Waals surface area (Å²) >= 11 is 0.641. The minimum atomic E-state index is -4.20. The molecule has 1 unspecified atom stereocenters. The second kappa shape index (κ2) is 2.92. The number of halogens is 3. The number of rotatable bonds is 0. The van der Waals surface area contributed by atoms with Crippen molar-refractivity contribution < 1.29 is 18.0 Å². The molecule has 0 radical (unpaired) electrons. The Morgan fingerprint density at radius 3 is 2.55 bits per heavy atom. The van der Waals surface area contributed by atoms with E-state index < -0.39 is 11.4 Å². The number of carbonyl (C=O) groups excluding carboxylic acids is 1. The molecule has 64 valence electrons. The first kappa shape index (κ1) is 8.70. The summed E-state index contributed by atoms with van der Waals surface area (Å²) in [5, 5.41) is 0.728. The van der Waals surface area contributed by atoms with Gasteiger partial charge in [-0.1, -0.05) is 0 Å². The van der Waals surface area contributed by atoms with E-state index in [0.717, 1.165) is 0 Å². The highest BCUT2D eigenvalue weighted by molar-refractivity contribution is 8.00. The Bertz CT molecular complexity index is 160. The van der Waals surface area contributed by atoms with Gasteiger partial charge in [0.05, 0.1) is 5.75 Å². The first-order valence-electron chi connectivity index (χ1n) is 2.95. The summed E-state index contributed by atoms with van der Waals surface area (Å²) in [5.74, 6) is -0.417. The van der Waals surface area contributed by atoms with Gasteiger partial charge in [0.2, 0.25) is 5.91 Å². The summed E-state index contributed by atoms with van der Waals surface area (Å²) in [7, 11) is 0. The lowest BCUT2D eigenvalue weighted by Crippen LogP contribution is -2.44. The monoisotopic (exact) mass is 185 g/mol. The first-order valence-corrected chi connectivity index (χ1v) is 4.00. The summed E-state index contributed by atoms with van der Waals surface area (Å²) in [4.78, 5) is 10.4. The van der Waals surface area contributed by atoms with E-state index in [-0.39, 0.29) is 18.2 Å². The van der Waals surface area contributed by atoms with E-state index in [0.29, 0.717) is 11.8 Å². The molecule has 0 saturated carbocycles. The molecule has 0 spiro atoms. The Labute approximate surface area is 65.5 Å². The summed E-state index contributed by atoms with van der Waals surface area (Å²) in [6.45, 7) is -0.299. The van der Waals surface area contributed by atoms with Crippen molar-refractivity contribution >= 4 is 17.7 Å². The zero-order valence-corrected chi connectivity index (χ0v) is 6.26. The van der Waals surface area contributed by atoms with Crippen molar-refractivity contribution in [1.82, 2.24) is 5.32 Å². The Hall–Kier alpha value is -0.390. The molecule has 1 amide bonds. The first-order chi connectivity index (χ1) is 5.00. The average molecular weight is 185 g/mol. The van der Waals surface area contributed by atoms with Crippen LogP contribution in [0.1, 0.15) is 0 Å². The van der Waals surface area contributed by atoms with Crippen LogP contribution in [0.5, 0.6) is 0 Å². The predicted molar refractivity (Wildman–Crippen MR) is 35.3 cm³/mol. The number of alkyl halides is 3. The fourth-order valence-electron chi connectivity index (χ4n) is 0.703. The molecule has 1 saturated heterocycles. The van der Waals surface area contributed by atoms with Gasteiger partial charge in [0.25, 0.3) is 0 Å². The van der Waals surface area contributed by atoms with Crippen molar-refractivity contribution in [2.45, 2.75) is 11.4 Å². The third-order valence-electron chi connectivity index (χ3n) is 1.27. The highest BCUT2D eigenvalue weighted by Gasteiger charge is 2.41. The zero-order chi connectivity index (χ0) is 8.48. The number of nitrogens with one attached hydrogen (secondary N) is 1. The molecule has 11 heavy (non-hydrogen) atoms. The van der Waals surface area contributed by atoms with E-state index in [4.69, 9.17) is 0 Å². The molecule has 1 aliphatic heterocycles. The molecule has 1 aliphatic rings. The molecular formula is C5H6F3NOS. The molecular weight excluding hydrogens is 179 g/mol. The second-order valence-corrected chi connectivity index (χ2v) is 3.34. The molecule has 0 aromatic carbocycles. The minimum absolute atomic E-state index is 0.0931. The molecule has 1 rings (SSSR count). The van der Waals surface area contributed by atoms with Gasteiger partial charge >= 0.3 is 6.18 Å². The molecule has 2 nitrogen and oxygen atoms in total. The molecule has 0 bridgehead atoms. The number of hydrogen-bond acceptors (Lipinski definition) is 2. The molecule has 1 heterocycles. The van der Waals surface area contributed by atoms with E-state index in [1.54, 1.807) is 0 Å².